The number of aromatic nitrogens is 2. The Hall–Kier alpha value is -3.61. The molecule has 0 spiro atoms. The van der Waals surface area contributed by atoms with Crippen molar-refractivity contribution in [3.8, 4) is 0 Å². The number of carbonyl (C=O) groups is 2. The number of Topliss-reactive ketones (excluding diaryl/α,β-unsaturated/α-hetero) is 1. The number of benzene rings is 2. The minimum atomic E-state index is -0.744. The Morgan fingerprint density at radius 3 is 2.39 bits per heavy atom. The van der Waals surface area contributed by atoms with Crippen LogP contribution < -0.4 is 9.80 Å². The largest absolute Gasteiger partial charge is 0.503 e. The zero-order valence-corrected chi connectivity index (χ0v) is 17.9. The molecule has 0 bridgehead atoms. The molecule has 7 nitrogen and oxygen atoms in total. The predicted octanol–water partition coefficient (Wildman–Crippen LogP) is 4.29. The fourth-order valence-corrected chi connectivity index (χ4v) is 4.12. The van der Waals surface area contributed by atoms with Crippen LogP contribution in [0.1, 0.15) is 38.8 Å². The lowest BCUT2D eigenvalue weighted by Crippen LogP contribution is -2.32. The molecule has 4 rings (SSSR count). The summed E-state index contributed by atoms with van der Waals surface area (Å²) in [5.41, 5.74) is 3.39. The fraction of sp³-hybridized carbons (Fsp3) is 0.292. The summed E-state index contributed by atoms with van der Waals surface area (Å²) in [5.74, 6) is -1.10. The summed E-state index contributed by atoms with van der Waals surface area (Å²) in [6.45, 7) is 7.66. The molecule has 1 aliphatic rings. The first-order valence-electron chi connectivity index (χ1n) is 10.6. The number of imidazole rings is 1. The third-order valence-corrected chi connectivity index (χ3v) is 5.77. The predicted molar refractivity (Wildman–Crippen MR) is 121 cm³/mol. The monoisotopic (exact) mass is 418 g/mol. The number of aliphatic hydroxyl groups excluding tert-OH is 1. The van der Waals surface area contributed by atoms with Crippen LogP contribution in [0.4, 0.5) is 11.6 Å². The molecule has 160 valence electrons. The lowest BCUT2D eigenvalue weighted by Gasteiger charge is -2.26. The Kier molecular flexibility index (Phi) is 5.50. The lowest BCUT2D eigenvalue weighted by atomic mass is 9.95. The molecule has 1 unspecified atom stereocenters. The number of rotatable bonds is 7. The molecule has 0 saturated heterocycles. The number of aromatic amines is 1. The minimum absolute atomic E-state index is 0.114. The zero-order chi connectivity index (χ0) is 22.1. The molecule has 1 atom stereocenters. The molecule has 2 aromatic carbocycles. The van der Waals surface area contributed by atoms with E-state index in [1.165, 1.54) is 4.90 Å². The van der Waals surface area contributed by atoms with Crippen LogP contribution in [-0.2, 0) is 9.59 Å². The standard InChI is InChI=1S/C24H26N4O3/c1-4-19(29)20-21(15-11-13-16(14-12-15)27(5-2)6-3)28(23(31)22(20)30)24-25-17-9-7-8-10-18(17)26-24/h7-14,21,30H,4-6H2,1-3H3,(H,25,26). The van der Waals surface area contributed by atoms with Crippen LogP contribution in [0.2, 0.25) is 0 Å². The van der Waals surface area contributed by atoms with Crippen LogP contribution in [0, 0.1) is 0 Å². The summed E-state index contributed by atoms with van der Waals surface area (Å²) in [6.07, 6.45) is 0.189. The van der Waals surface area contributed by atoms with Crippen LogP contribution in [0.25, 0.3) is 11.0 Å². The van der Waals surface area contributed by atoms with Crippen LogP contribution in [0.3, 0.4) is 0 Å². The first-order valence-corrected chi connectivity index (χ1v) is 10.6. The number of H-pyrrole nitrogens is 1. The Morgan fingerprint density at radius 2 is 1.77 bits per heavy atom. The van der Waals surface area contributed by atoms with E-state index in [1.807, 2.05) is 48.5 Å². The SMILES string of the molecule is CCC(=O)C1=C(O)C(=O)N(c2nc3ccccc3[nH]2)C1c1ccc(N(CC)CC)cc1. The van der Waals surface area contributed by atoms with Gasteiger partial charge in [0.2, 0.25) is 5.95 Å². The van der Waals surface area contributed by atoms with Gasteiger partial charge in [-0.25, -0.2) is 4.98 Å². The summed E-state index contributed by atoms with van der Waals surface area (Å²) in [5, 5.41) is 10.6. The molecule has 3 aromatic rings. The number of para-hydroxylation sites is 2. The number of hydrogen-bond donors (Lipinski definition) is 2. The van der Waals surface area contributed by atoms with Crippen LogP contribution in [-0.4, -0.2) is 39.9 Å². The van der Waals surface area contributed by atoms with Crippen LogP contribution in [0.5, 0.6) is 0 Å². The average Bonchev–Trinajstić information content (AvgIpc) is 3.33. The number of amides is 1. The molecule has 0 fully saturated rings. The van der Waals surface area contributed by atoms with Crippen molar-refractivity contribution in [3.05, 3.63) is 65.4 Å². The number of hydrogen-bond acceptors (Lipinski definition) is 5. The van der Waals surface area contributed by atoms with Gasteiger partial charge in [0.1, 0.15) is 0 Å². The molecule has 0 radical (unpaired) electrons. The van der Waals surface area contributed by atoms with Gasteiger partial charge < -0.3 is 15.0 Å². The minimum Gasteiger partial charge on any atom is -0.503 e. The number of nitrogens with one attached hydrogen (secondary N) is 1. The van der Waals surface area contributed by atoms with E-state index in [2.05, 4.69) is 28.7 Å². The summed E-state index contributed by atoms with van der Waals surface area (Å²) in [6, 6.07) is 14.5. The average molecular weight is 418 g/mol. The first-order chi connectivity index (χ1) is 15.0. The van der Waals surface area contributed by atoms with Crippen molar-refractivity contribution in [3.63, 3.8) is 0 Å². The maximum absolute atomic E-state index is 13.1. The Bertz CT molecular complexity index is 1130. The van der Waals surface area contributed by atoms with E-state index in [9.17, 15) is 14.7 Å². The first kappa shape index (κ1) is 20.7. The number of aliphatic hydroxyl groups is 1. The Morgan fingerprint density at radius 1 is 1.10 bits per heavy atom. The number of anilines is 2. The molecule has 0 aliphatic carbocycles. The zero-order valence-electron chi connectivity index (χ0n) is 17.9. The van der Waals surface area contributed by atoms with Gasteiger partial charge in [-0.2, -0.15) is 0 Å². The maximum atomic E-state index is 13.1. The number of ketones is 1. The van der Waals surface area contributed by atoms with E-state index in [0.29, 0.717) is 11.5 Å². The van der Waals surface area contributed by atoms with Crippen LogP contribution in [0.15, 0.2) is 59.9 Å². The van der Waals surface area contributed by atoms with Crippen molar-refractivity contribution in [1.82, 2.24) is 9.97 Å². The van der Waals surface area contributed by atoms with Crippen LogP contribution >= 0.6 is 0 Å². The van der Waals surface area contributed by atoms with E-state index in [4.69, 9.17) is 0 Å². The molecule has 7 heteroatoms. The number of fused-ring (bicyclic) bond motifs is 1. The van der Waals surface area contributed by atoms with E-state index < -0.39 is 17.7 Å². The highest BCUT2D eigenvalue weighted by atomic mass is 16.3. The molecule has 1 amide bonds. The highest BCUT2D eigenvalue weighted by Crippen LogP contribution is 2.41. The maximum Gasteiger partial charge on any atom is 0.296 e. The number of nitrogens with zero attached hydrogens (tertiary/aromatic N) is 3. The summed E-state index contributed by atoms with van der Waals surface area (Å²) in [7, 11) is 0. The fourth-order valence-electron chi connectivity index (χ4n) is 4.12. The third kappa shape index (κ3) is 3.46. The Balaban J connectivity index is 1.82. The van der Waals surface area contributed by atoms with E-state index in [-0.39, 0.29) is 17.8 Å². The van der Waals surface area contributed by atoms with Crippen molar-refractivity contribution in [2.24, 2.45) is 0 Å². The van der Waals surface area contributed by atoms with Gasteiger partial charge in [-0.1, -0.05) is 31.2 Å². The molecule has 2 N–H and O–H groups in total. The van der Waals surface area contributed by atoms with Gasteiger partial charge in [-0.3, -0.25) is 14.5 Å². The lowest BCUT2D eigenvalue weighted by molar-refractivity contribution is -0.118. The van der Waals surface area contributed by atoms with Gasteiger partial charge in [-0.05, 0) is 43.7 Å². The quantitative estimate of drug-likeness (QED) is 0.597. The topological polar surface area (TPSA) is 89.5 Å². The van der Waals surface area contributed by atoms with Gasteiger partial charge in [-0.15, -0.1) is 0 Å². The molecule has 1 aliphatic heterocycles. The molecule has 2 heterocycles. The molecule has 1 aromatic heterocycles. The second kappa shape index (κ2) is 8.26. The molecule has 31 heavy (non-hydrogen) atoms. The van der Waals surface area contributed by atoms with E-state index in [1.54, 1.807) is 6.92 Å². The summed E-state index contributed by atoms with van der Waals surface area (Å²) >= 11 is 0. The van der Waals surface area contributed by atoms with E-state index in [0.717, 1.165) is 29.9 Å². The van der Waals surface area contributed by atoms with Gasteiger partial charge in [0.05, 0.1) is 22.6 Å². The summed E-state index contributed by atoms with van der Waals surface area (Å²) in [4.78, 5) is 37.1. The second-order valence-corrected chi connectivity index (χ2v) is 7.46. The van der Waals surface area contributed by atoms with E-state index >= 15 is 0 Å². The van der Waals surface area contributed by atoms with Crippen molar-refractivity contribution >= 4 is 34.4 Å². The van der Waals surface area contributed by atoms with Crippen molar-refractivity contribution < 1.29 is 14.7 Å². The second-order valence-electron chi connectivity index (χ2n) is 7.46. The van der Waals surface area contributed by atoms with Crippen molar-refractivity contribution in [2.45, 2.75) is 33.2 Å². The smallest absolute Gasteiger partial charge is 0.296 e. The highest BCUT2D eigenvalue weighted by Gasteiger charge is 2.45. The normalized spacial score (nSPS) is 16.4. The summed E-state index contributed by atoms with van der Waals surface area (Å²) < 4.78 is 0. The van der Waals surface area contributed by atoms with Gasteiger partial charge >= 0.3 is 0 Å². The van der Waals surface area contributed by atoms with Gasteiger partial charge in [0.15, 0.2) is 11.5 Å². The number of carbonyl (C=O) groups excluding carboxylic acids is 2. The van der Waals surface area contributed by atoms with Crippen molar-refractivity contribution in [2.75, 3.05) is 22.9 Å². The molecule has 0 saturated carbocycles. The Labute approximate surface area is 181 Å². The van der Waals surface area contributed by atoms with Gasteiger partial charge in [0.25, 0.3) is 5.91 Å². The van der Waals surface area contributed by atoms with Gasteiger partial charge in [0, 0.05) is 25.2 Å². The molecular formula is C24H26N4O3. The third-order valence-electron chi connectivity index (χ3n) is 5.77. The highest BCUT2D eigenvalue weighted by molar-refractivity contribution is 6.16. The van der Waals surface area contributed by atoms with Crippen molar-refractivity contribution in [1.29, 1.82) is 0 Å². The molecular weight excluding hydrogens is 392 g/mol.